The number of nitrogens with zero attached hydrogens (tertiary/aromatic N) is 1. The van der Waals surface area contributed by atoms with Gasteiger partial charge in [0.05, 0.1) is 17.0 Å². The van der Waals surface area contributed by atoms with E-state index in [1.165, 1.54) is 6.07 Å². The van der Waals surface area contributed by atoms with Crippen LogP contribution in [0.1, 0.15) is 42.2 Å². The minimum Gasteiger partial charge on any atom is -0.456 e. The zero-order valence-electron chi connectivity index (χ0n) is 13.6. The van der Waals surface area contributed by atoms with Gasteiger partial charge in [-0.3, -0.25) is 4.79 Å². The number of nitriles is 1. The standard InChI is InChI=1S/C21H17NO2/c1-14(2)17-8-10-21-19(11-17)20(23)12-18(24-21)9-7-15-3-5-16(13-22)6-4-15/h3-12,14H,1-2H3. The molecule has 0 radical (unpaired) electrons. The third-order valence-electron chi connectivity index (χ3n) is 3.92. The summed E-state index contributed by atoms with van der Waals surface area (Å²) >= 11 is 0. The van der Waals surface area contributed by atoms with Crippen LogP contribution in [0.15, 0.2) is 57.7 Å². The summed E-state index contributed by atoms with van der Waals surface area (Å²) in [6, 6.07) is 16.5. The van der Waals surface area contributed by atoms with Gasteiger partial charge in [-0.1, -0.05) is 38.1 Å². The quantitative estimate of drug-likeness (QED) is 0.686. The van der Waals surface area contributed by atoms with Gasteiger partial charge in [0.2, 0.25) is 0 Å². The van der Waals surface area contributed by atoms with E-state index in [4.69, 9.17) is 9.68 Å². The highest BCUT2D eigenvalue weighted by atomic mass is 16.3. The van der Waals surface area contributed by atoms with Crippen LogP contribution in [0, 0.1) is 11.3 Å². The average molecular weight is 315 g/mol. The molecule has 0 bridgehead atoms. The summed E-state index contributed by atoms with van der Waals surface area (Å²) in [5.41, 5.74) is 3.22. The summed E-state index contributed by atoms with van der Waals surface area (Å²) in [4.78, 5) is 12.3. The molecule has 2 aromatic carbocycles. The lowest BCUT2D eigenvalue weighted by molar-refractivity contribution is 0.591. The summed E-state index contributed by atoms with van der Waals surface area (Å²) < 4.78 is 5.80. The molecule has 3 heteroatoms. The first kappa shape index (κ1) is 15.8. The summed E-state index contributed by atoms with van der Waals surface area (Å²) in [7, 11) is 0. The van der Waals surface area contributed by atoms with E-state index in [0.29, 0.717) is 28.2 Å². The van der Waals surface area contributed by atoms with Crippen molar-refractivity contribution in [2.45, 2.75) is 19.8 Å². The van der Waals surface area contributed by atoms with E-state index >= 15 is 0 Å². The molecule has 0 aliphatic heterocycles. The highest BCUT2D eigenvalue weighted by molar-refractivity contribution is 5.79. The average Bonchev–Trinajstić information content (AvgIpc) is 2.60. The third kappa shape index (κ3) is 3.28. The molecular weight excluding hydrogens is 298 g/mol. The SMILES string of the molecule is CC(C)c1ccc2oc(C=Cc3ccc(C#N)cc3)cc(=O)c2c1. The van der Waals surface area contributed by atoms with E-state index in [1.807, 2.05) is 36.4 Å². The first-order chi connectivity index (χ1) is 11.6. The Morgan fingerprint density at radius 1 is 1.04 bits per heavy atom. The molecule has 0 saturated heterocycles. The van der Waals surface area contributed by atoms with E-state index in [-0.39, 0.29) is 5.43 Å². The van der Waals surface area contributed by atoms with Crippen LogP contribution < -0.4 is 5.43 Å². The van der Waals surface area contributed by atoms with Crippen molar-refractivity contribution in [2.75, 3.05) is 0 Å². The molecule has 0 aliphatic carbocycles. The lowest BCUT2D eigenvalue weighted by atomic mass is 10.0. The number of hydrogen-bond acceptors (Lipinski definition) is 3. The van der Waals surface area contributed by atoms with Gasteiger partial charge in [-0.15, -0.1) is 0 Å². The van der Waals surface area contributed by atoms with Gasteiger partial charge in [-0.05, 0) is 47.4 Å². The molecule has 0 saturated carbocycles. The molecule has 0 N–H and O–H groups in total. The van der Waals surface area contributed by atoms with Crippen molar-refractivity contribution in [1.82, 2.24) is 0 Å². The molecule has 0 atom stereocenters. The predicted octanol–water partition coefficient (Wildman–Crippen LogP) is 4.96. The van der Waals surface area contributed by atoms with E-state index in [2.05, 4.69) is 19.9 Å². The van der Waals surface area contributed by atoms with E-state index in [0.717, 1.165) is 11.1 Å². The third-order valence-corrected chi connectivity index (χ3v) is 3.92. The molecule has 0 spiro atoms. The minimum atomic E-state index is -0.0433. The molecule has 3 rings (SSSR count). The summed E-state index contributed by atoms with van der Waals surface area (Å²) in [5, 5.41) is 9.41. The Hall–Kier alpha value is -3.12. The van der Waals surface area contributed by atoms with Gasteiger partial charge in [0, 0.05) is 6.07 Å². The van der Waals surface area contributed by atoms with Crippen molar-refractivity contribution < 1.29 is 4.42 Å². The number of rotatable bonds is 3. The van der Waals surface area contributed by atoms with Crippen molar-refractivity contribution >= 4 is 23.1 Å². The maximum Gasteiger partial charge on any atom is 0.193 e. The highest BCUT2D eigenvalue weighted by Gasteiger charge is 2.06. The first-order valence-corrected chi connectivity index (χ1v) is 7.83. The number of fused-ring (bicyclic) bond motifs is 1. The molecule has 1 heterocycles. The molecule has 1 aromatic heterocycles. The van der Waals surface area contributed by atoms with Crippen molar-refractivity contribution in [2.24, 2.45) is 0 Å². The van der Waals surface area contributed by atoms with Crippen LogP contribution >= 0.6 is 0 Å². The monoisotopic (exact) mass is 315 g/mol. The molecule has 3 aromatic rings. The predicted molar refractivity (Wildman–Crippen MR) is 96.7 cm³/mol. The second kappa shape index (κ2) is 6.55. The molecule has 0 amide bonds. The van der Waals surface area contributed by atoms with E-state index < -0.39 is 0 Å². The Kier molecular flexibility index (Phi) is 4.31. The summed E-state index contributed by atoms with van der Waals surface area (Å²) in [6.45, 7) is 4.19. The zero-order chi connectivity index (χ0) is 17.1. The van der Waals surface area contributed by atoms with Crippen LogP contribution in [-0.4, -0.2) is 0 Å². The summed E-state index contributed by atoms with van der Waals surface area (Å²) in [6.07, 6.45) is 3.62. The van der Waals surface area contributed by atoms with Crippen LogP contribution in [0.3, 0.4) is 0 Å². The van der Waals surface area contributed by atoms with Gasteiger partial charge in [0.25, 0.3) is 0 Å². The van der Waals surface area contributed by atoms with E-state index in [9.17, 15) is 4.79 Å². The van der Waals surface area contributed by atoms with Gasteiger partial charge >= 0.3 is 0 Å². The molecule has 3 nitrogen and oxygen atoms in total. The smallest absolute Gasteiger partial charge is 0.193 e. The van der Waals surface area contributed by atoms with Crippen molar-refractivity contribution in [3.8, 4) is 6.07 Å². The normalized spacial score (nSPS) is 11.2. The Labute approximate surface area is 140 Å². The van der Waals surface area contributed by atoms with Crippen LogP contribution in [-0.2, 0) is 0 Å². The van der Waals surface area contributed by atoms with Crippen molar-refractivity contribution in [1.29, 1.82) is 5.26 Å². The zero-order valence-corrected chi connectivity index (χ0v) is 13.6. The lowest BCUT2D eigenvalue weighted by Gasteiger charge is -2.06. The molecular formula is C21H17NO2. The Morgan fingerprint density at radius 2 is 1.79 bits per heavy atom. The molecule has 0 fully saturated rings. The van der Waals surface area contributed by atoms with Gasteiger partial charge in [-0.2, -0.15) is 5.26 Å². The van der Waals surface area contributed by atoms with E-state index in [1.54, 1.807) is 18.2 Å². The van der Waals surface area contributed by atoms with Crippen LogP contribution in [0.4, 0.5) is 0 Å². The lowest BCUT2D eigenvalue weighted by Crippen LogP contribution is -2.01. The first-order valence-electron chi connectivity index (χ1n) is 7.83. The fourth-order valence-electron chi connectivity index (χ4n) is 2.48. The van der Waals surface area contributed by atoms with Crippen molar-refractivity contribution in [3.05, 3.63) is 81.2 Å². The maximum atomic E-state index is 12.3. The second-order valence-electron chi connectivity index (χ2n) is 5.99. The minimum absolute atomic E-state index is 0.0433. The van der Waals surface area contributed by atoms with Crippen molar-refractivity contribution in [3.63, 3.8) is 0 Å². The largest absolute Gasteiger partial charge is 0.456 e. The van der Waals surface area contributed by atoms with Crippen LogP contribution in [0.5, 0.6) is 0 Å². The summed E-state index contributed by atoms with van der Waals surface area (Å²) in [5.74, 6) is 0.874. The van der Waals surface area contributed by atoms with Gasteiger partial charge in [0.1, 0.15) is 11.3 Å². The molecule has 0 aliphatic rings. The maximum absolute atomic E-state index is 12.3. The Bertz CT molecular complexity index is 1000. The number of benzene rings is 2. The fraction of sp³-hybridized carbons (Fsp3) is 0.143. The second-order valence-corrected chi connectivity index (χ2v) is 5.99. The highest BCUT2D eigenvalue weighted by Crippen LogP contribution is 2.20. The number of hydrogen-bond donors (Lipinski definition) is 0. The van der Waals surface area contributed by atoms with Gasteiger partial charge in [0.15, 0.2) is 5.43 Å². The fourth-order valence-corrected chi connectivity index (χ4v) is 2.48. The van der Waals surface area contributed by atoms with Gasteiger partial charge < -0.3 is 4.42 Å². The Balaban J connectivity index is 1.95. The topological polar surface area (TPSA) is 54.0 Å². The van der Waals surface area contributed by atoms with Gasteiger partial charge in [-0.25, -0.2) is 0 Å². The molecule has 0 unspecified atom stereocenters. The Morgan fingerprint density at radius 3 is 2.46 bits per heavy atom. The van der Waals surface area contributed by atoms with Crippen LogP contribution in [0.25, 0.3) is 23.1 Å². The molecule has 24 heavy (non-hydrogen) atoms. The molecule has 118 valence electrons. The van der Waals surface area contributed by atoms with Crippen LogP contribution in [0.2, 0.25) is 0 Å².